The quantitative estimate of drug-likeness (QED) is 0.277. The SMILES string of the molecule is COc1ccc2c(OC)ccc(CN3CCc4c(c(C(=O)NCc5cccc6ccccc56)nn4CCO)C3)c2c1. The van der Waals surface area contributed by atoms with E-state index in [-0.39, 0.29) is 12.5 Å². The standard InChI is InChI=1S/C33H34N4O4/c1-40-25-11-12-27-28(18-25)24(10-13-31(27)41-2)20-36-15-14-30-29(21-36)32(35-37(30)16-17-38)33(39)34-19-23-8-5-7-22-6-3-4-9-26(22)23/h3-13,18,38H,14-17,19-21H2,1-2H3,(H,34,39). The number of ether oxygens (including phenoxy) is 2. The molecule has 1 aliphatic heterocycles. The van der Waals surface area contributed by atoms with Gasteiger partial charge in [-0.1, -0.05) is 48.5 Å². The zero-order chi connectivity index (χ0) is 28.3. The first kappa shape index (κ1) is 26.8. The molecule has 6 rings (SSSR count). The summed E-state index contributed by atoms with van der Waals surface area (Å²) in [5, 5.41) is 21.8. The third kappa shape index (κ3) is 5.24. The molecule has 2 N–H and O–H groups in total. The van der Waals surface area contributed by atoms with E-state index in [0.717, 1.165) is 68.4 Å². The molecule has 0 radical (unpaired) electrons. The molecule has 0 unspecified atom stereocenters. The van der Waals surface area contributed by atoms with Crippen LogP contribution in [0, 0.1) is 0 Å². The van der Waals surface area contributed by atoms with Crippen molar-refractivity contribution in [1.82, 2.24) is 20.0 Å². The molecule has 0 spiro atoms. The summed E-state index contributed by atoms with van der Waals surface area (Å²) in [5.74, 6) is 1.42. The van der Waals surface area contributed by atoms with Crippen molar-refractivity contribution in [3.63, 3.8) is 0 Å². The molecule has 8 heteroatoms. The van der Waals surface area contributed by atoms with Crippen molar-refractivity contribution in [2.45, 2.75) is 32.6 Å². The predicted octanol–water partition coefficient (Wildman–Crippen LogP) is 4.69. The molecule has 2 heterocycles. The minimum atomic E-state index is -0.202. The van der Waals surface area contributed by atoms with Gasteiger partial charge < -0.3 is 19.9 Å². The van der Waals surface area contributed by atoms with Crippen LogP contribution in [0.1, 0.15) is 32.9 Å². The highest BCUT2D eigenvalue weighted by Crippen LogP contribution is 2.33. The van der Waals surface area contributed by atoms with Crippen LogP contribution in [0.4, 0.5) is 0 Å². The molecule has 1 aromatic heterocycles. The lowest BCUT2D eigenvalue weighted by atomic mass is 10.00. The number of benzene rings is 4. The fourth-order valence-corrected chi connectivity index (χ4v) is 5.89. The monoisotopic (exact) mass is 550 g/mol. The van der Waals surface area contributed by atoms with Crippen LogP contribution in [0.2, 0.25) is 0 Å². The Hall–Kier alpha value is -4.40. The summed E-state index contributed by atoms with van der Waals surface area (Å²) in [6, 6.07) is 24.4. The topological polar surface area (TPSA) is 88.9 Å². The Balaban J connectivity index is 1.26. The molecule has 5 aromatic rings. The molecule has 8 nitrogen and oxygen atoms in total. The number of hydrogen-bond donors (Lipinski definition) is 2. The van der Waals surface area contributed by atoms with E-state index in [1.54, 1.807) is 18.9 Å². The van der Waals surface area contributed by atoms with Gasteiger partial charge in [0.25, 0.3) is 5.91 Å². The fraction of sp³-hybridized carbons (Fsp3) is 0.273. The van der Waals surface area contributed by atoms with Gasteiger partial charge in [0.05, 0.1) is 27.4 Å². The molecule has 0 aliphatic carbocycles. The van der Waals surface area contributed by atoms with E-state index >= 15 is 0 Å². The lowest BCUT2D eigenvalue weighted by Gasteiger charge is -2.28. The van der Waals surface area contributed by atoms with Gasteiger partial charge in [-0.2, -0.15) is 5.10 Å². The van der Waals surface area contributed by atoms with Crippen molar-refractivity contribution < 1.29 is 19.4 Å². The van der Waals surface area contributed by atoms with Gasteiger partial charge >= 0.3 is 0 Å². The number of aliphatic hydroxyl groups is 1. The highest BCUT2D eigenvalue weighted by molar-refractivity contribution is 5.95. The van der Waals surface area contributed by atoms with Gasteiger partial charge in [0.1, 0.15) is 11.5 Å². The van der Waals surface area contributed by atoms with Gasteiger partial charge in [0, 0.05) is 49.2 Å². The molecule has 210 valence electrons. The van der Waals surface area contributed by atoms with E-state index in [2.05, 4.69) is 39.6 Å². The Kier molecular flexibility index (Phi) is 7.59. The second kappa shape index (κ2) is 11.6. The van der Waals surface area contributed by atoms with Gasteiger partial charge in [0.2, 0.25) is 0 Å². The van der Waals surface area contributed by atoms with Crippen molar-refractivity contribution in [3.05, 3.63) is 101 Å². The first-order valence-corrected chi connectivity index (χ1v) is 13.9. The van der Waals surface area contributed by atoms with Crippen LogP contribution in [-0.2, 0) is 32.6 Å². The van der Waals surface area contributed by atoms with Crippen LogP contribution < -0.4 is 14.8 Å². The molecule has 0 bridgehead atoms. The Morgan fingerprint density at radius 3 is 2.63 bits per heavy atom. The average molecular weight is 551 g/mol. The number of nitrogens with zero attached hydrogens (tertiary/aromatic N) is 3. The molecule has 41 heavy (non-hydrogen) atoms. The number of aliphatic hydroxyl groups excluding tert-OH is 1. The number of nitrogens with one attached hydrogen (secondary N) is 1. The zero-order valence-electron chi connectivity index (χ0n) is 23.4. The summed E-state index contributed by atoms with van der Waals surface area (Å²) in [7, 11) is 3.35. The van der Waals surface area contributed by atoms with Crippen LogP contribution >= 0.6 is 0 Å². The molecule has 0 atom stereocenters. The van der Waals surface area contributed by atoms with E-state index in [0.29, 0.717) is 31.9 Å². The predicted molar refractivity (Wildman–Crippen MR) is 159 cm³/mol. The zero-order valence-corrected chi connectivity index (χ0v) is 23.4. The van der Waals surface area contributed by atoms with Crippen molar-refractivity contribution in [3.8, 4) is 11.5 Å². The summed E-state index contributed by atoms with van der Waals surface area (Å²) in [4.78, 5) is 15.9. The number of rotatable bonds is 9. The average Bonchev–Trinajstić information content (AvgIpc) is 3.37. The Morgan fingerprint density at radius 1 is 0.951 bits per heavy atom. The molecule has 0 saturated heterocycles. The largest absolute Gasteiger partial charge is 0.497 e. The van der Waals surface area contributed by atoms with Crippen molar-refractivity contribution >= 4 is 27.5 Å². The maximum absolute atomic E-state index is 13.5. The molecule has 1 amide bonds. The van der Waals surface area contributed by atoms with Crippen molar-refractivity contribution in [2.24, 2.45) is 0 Å². The summed E-state index contributed by atoms with van der Waals surface area (Å²) in [6.07, 6.45) is 0.746. The number of hydrogen-bond acceptors (Lipinski definition) is 6. The molecule has 4 aromatic carbocycles. The van der Waals surface area contributed by atoms with E-state index in [1.165, 1.54) is 0 Å². The van der Waals surface area contributed by atoms with E-state index in [1.807, 2.05) is 48.5 Å². The molecule has 0 saturated carbocycles. The third-order valence-corrected chi connectivity index (χ3v) is 7.95. The number of methoxy groups -OCH3 is 2. The fourth-order valence-electron chi connectivity index (χ4n) is 5.89. The highest BCUT2D eigenvalue weighted by Gasteiger charge is 2.28. The number of aromatic nitrogens is 2. The first-order valence-electron chi connectivity index (χ1n) is 13.9. The minimum absolute atomic E-state index is 0.0332. The highest BCUT2D eigenvalue weighted by atomic mass is 16.5. The summed E-state index contributed by atoms with van der Waals surface area (Å²) >= 11 is 0. The molecule has 0 fully saturated rings. The van der Waals surface area contributed by atoms with Crippen LogP contribution in [0.15, 0.2) is 72.8 Å². The number of amides is 1. The van der Waals surface area contributed by atoms with E-state index in [4.69, 9.17) is 9.47 Å². The van der Waals surface area contributed by atoms with Crippen molar-refractivity contribution in [2.75, 3.05) is 27.4 Å². The number of fused-ring (bicyclic) bond motifs is 3. The molecular formula is C33H34N4O4. The van der Waals surface area contributed by atoms with Crippen LogP contribution in [0.25, 0.3) is 21.5 Å². The van der Waals surface area contributed by atoms with Gasteiger partial charge in [0.15, 0.2) is 5.69 Å². The van der Waals surface area contributed by atoms with E-state index < -0.39 is 0 Å². The number of carbonyl (C=O) groups is 1. The minimum Gasteiger partial charge on any atom is -0.497 e. The van der Waals surface area contributed by atoms with Gasteiger partial charge in [-0.3, -0.25) is 14.4 Å². The third-order valence-electron chi connectivity index (χ3n) is 7.95. The van der Waals surface area contributed by atoms with Crippen LogP contribution in [0.5, 0.6) is 11.5 Å². The van der Waals surface area contributed by atoms with Gasteiger partial charge in [-0.05, 0) is 51.6 Å². The van der Waals surface area contributed by atoms with Gasteiger partial charge in [-0.15, -0.1) is 0 Å². The second-order valence-corrected chi connectivity index (χ2v) is 10.3. The summed E-state index contributed by atoms with van der Waals surface area (Å²) in [5.41, 5.74) is 4.60. The molecular weight excluding hydrogens is 516 g/mol. The van der Waals surface area contributed by atoms with Crippen LogP contribution in [0.3, 0.4) is 0 Å². The summed E-state index contributed by atoms with van der Waals surface area (Å²) in [6.45, 7) is 2.85. The Labute approximate surface area is 239 Å². The lowest BCUT2D eigenvalue weighted by molar-refractivity contribution is 0.0942. The van der Waals surface area contributed by atoms with Gasteiger partial charge in [-0.25, -0.2) is 0 Å². The lowest BCUT2D eigenvalue weighted by Crippen LogP contribution is -2.32. The van der Waals surface area contributed by atoms with Crippen LogP contribution in [-0.4, -0.2) is 53.1 Å². The maximum Gasteiger partial charge on any atom is 0.272 e. The summed E-state index contributed by atoms with van der Waals surface area (Å²) < 4.78 is 12.9. The smallest absolute Gasteiger partial charge is 0.272 e. The Morgan fingerprint density at radius 2 is 1.80 bits per heavy atom. The Bertz CT molecular complexity index is 1720. The maximum atomic E-state index is 13.5. The molecule has 1 aliphatic rings. The van der Waals surface area contributed by atoms with Crippen molar-refractivity contribution in [1.29, 1.82) is 0 Å². The first-order chi connectivity index (χ1) is 20.1. The second-order valence-electron chi connectivity index (χ2n) is 10.3. The number of carbonyl (C=O) groups excluding carboxylic acids is 1. The van der Waals surface area contributed by atoms with E-state index in [9.17, 15) is 9.90 Å². The normalized spacial score (nSPS) is 13.3.